The first-order valence-electron chi connectivity index (χ1n) is 5.22. The molecule has 0 radical (unpaired) electrons. The summed E-state index contributed by atoms with van der Waals surface area (Å²) >= 11 is 0. The van der Waals surface area contributed by atoms with E-state index in [1.54, 1.807) is 0 Å². The zero-order valence-corrected chi connectivity index (χ0v) is 8.73. The van der Waals surface area contributed by atoms with E-state index in [0.29, 0.717) is 5.92 Å². The van der Waals surface area contributed by atoms with Crippen LogP contribution in [0.25, 0.3) is 0 Å². The molecule has 2 unspecified atom stereocenters. The van der Waals surface area contributed by atoms with Crippen molar-refractivity contribution in [3.05, 3.63) is 35.9 Å². The summed E-state index contributed by atoms with van der Waals surface area (Å²) < 4.78 is 0. The molecule has 0 aliphatic heterocycles. The fourth-order valence-corrected chi connectivity index (χ4v) is 2.55. The van der Waals surface area contributed by atoms with Gasteiger partial charge < -0.3 is 4.79 Å². The second-order valence-electron chi connectivity index (χ2n) is 4.51. The molecule has 0 saturated heterocycles. The molecule has 14 heavy (non-hydrogen) atoms. The van der Waals surface area contributed by atoms with E-state index >= 15 is 0 Å². The van der Waals surface area contributed by atoms with Crippen molar-refractivity contribution >= 4 is 6.29 Å². The number of hydrogen-bond acceptors (Lipinski definition) is 1. The normalized spacial score (nSPS) is 30.4. The minimum Gasteiger partial charge on any atom is -0.303 e. The van der Waals surface area contributed by atoms with Crippen molar-refractivity contribution in [1.29, 1.82) is 0 Å². The van der Waals surface area contributed by atoms with Crippen LogP contribution in [0.5, 0.6) is 0 Å². The summed E-state index contributed by atoms with van der Waals surface area (Å²) in [6, 6.07) is 10.4. The van der Waals surface area contributed by atoms with Gasteiger partial charge in [0.15, 0.2) is 0 Å². The third kappa shape index (κ3) is 1.19. The topological polar surface area (TPSA) is 17.1 Å². The molecular formula is C13H16O. The van der Waals surface area contributed by atoms with Gasteiger partial charge in [0.1, 0.15) is 6.29 Å². The van der Waals surface area contributed by atoms with Crippen LogP contribution in [-0.4, -0.2) is 6.29 Å². The Morgan fingerprint density at radius 2 is 2.00 bits per heavy atom. The molecule has 1 nitrogen and oxygen atoms in total. The minimum atomic E-state index is 0.142. The van der Waals surface area contributed by atoms with Crippen LogP contribution in [0.2, 0.25) is 0 Å². The first kappa shape index (κ1) is 9.45. The van der Waals surface area contributed by atoms with Crippen LogP contribution in [-0.2, 0) is 10.2 Å². The number of benzene rings is 1. The van der Waals surface area contributed by atoms with Gasteiger partial charge in [0.25, 0.3) is 0 Å². The fraction of sp³-hybridized carbons (Fsp3) is 0.462. The second-order valence-corrected chi connectivity index (χ2v) is 4.51. The van der Waals surface area contributed by atoms with Gasteiger partial charge in [-0.15, -0.1) is 0 Å². The van der Waals surface area contributed by atoms with Crippen molar-refractivity contribution < 1.29 is 4.79 Å². The van der Waals surface area contributed by atoms with Gasteiger partial charge in [0.05, 0.1) is 0 Å². The lowest BCUT2D eigenvalue weighted by molar-refractivity contribution is -0.109. The number of carbonyl (C=O) groups is 1. The summed E-state index contributed by atoms with van der Waals surface area (Å²) in [6.07, 6.45) is 2.14. The smallest absolute Gasteiger partial charge is 0.124 e. The SMILES string of the molecule is CC(C)C1(c2ccccc2)CC1C=O. The number of carbonyl (C=O) groups excluding carboxylic acids is 1. The van der Waals surface area contributed by atoms with Gasteiger partial charge in [-0.2, -0.15) is 0 Å². The Balaban J connectivity index is 2.36. The number of aldehydes is 1. The van der Waals surface area contributed by atoms with Crippen molar-refractivity contribution in [3.63, 3.8) is 0 Å². The second kappa shape index (κ2) is 3.23. The molecule has 74 valence electrons. The van der Waals surface area contributed by atoms with Crippen molar-refractivity contribution in [3.8, 4) is 0 Å². The van der Waals surface area contributed by atoms with Crippen molar-refractivity contribution in [2.45, 2.75) is 25.7 Å². The van der Waals surface area contributed by atoms with E-state index in [9.17, 15) is 4.79 Å². The Hall–Kier alpha value is -1.11. The molecule has 1 aromatic rings. The maximum absolute atomic E-state index is 10.9. The Labute approximate surface area is 85.1 Å². The molecule has 1 saturated carbocycles. The highest BCUT2D eigenvalue weighted by atomic mass is 16.1. The van der Waals surface area contributed by atoms with E-state index in [1.165, 1.54) is 5.56 Å². The first-order valence-corrected chi connectivity index (χ1v) is 5.22. The van der Waals surface area contributed by atoms with Crippen LogP contribution in [0.4, 0.5) is 0 Å². The molecule has 1 heteroatoms. The number of hydrogen-bond donors (Lipinski definition) is 0. The molecule has 0 amide bonds. The average Bonchev–Trinajstić information content (AvgIpc) is 2.94. The predicted octanol–water partition coefficient (Wildman–Crippen LogP) is 2.80. The monoisotopic (exact) mass is 188 g/mol. The molecule has 0 N–H and O–H groups in total. The third-order valence-electron chi connectivity index (χ3n) is 3.56. The van der Waals surface area contributed by atoms with Gasteiger partial charge >= 0.3 is 0 Å². The average molecular weight is 188 g/mol. The Kier molecular flexibility index (Phi) is 2.18. The standard InChI is InChI=1S/C13H16O/c1-10(2)13(8-12(13)9-14)11-6-4-3-5-7-11/h3-7,9-10,12H,8H2,1-2H3. The van der Waals surface area contributed by atoms with Crippen LogP contribution in [0, 0.1) is 11.8 Å². The van der Waals surface area contributed by atoms with Crippen LogP contribution < -0.4 is 0 Å². The van der Waals surface area contributed by atoms with Crippen LogP contribution >= 0.6 is 0 Å². The maximum atomic E-state index is 10.9. The summed E-state index contributed by atoms with van der Waals surface area (Å²) in [6.45, 7) is 4.41. The number of rotatable bonds is 3. The molecule has 1 aliphatic carbocycles. The highest BCUT2D eigenvalue weighted by molar-refractivity contribution is 5.64. The molecule has 2 rings (SSSR count). The Morgan fingerprint density at radius 3 is 2.43 bits per heavy atom. The van der Waals surface area contributed by atoms with Crippen molar-refractivity contribution in [2.75, 3.05) is 0 Å². The molecule has 0 aromatic heterocycles. The molecule has 2 atom stereocenters. The van der Waals surface area contributed by atoms with Crippen molar-refractivity contribution in [1.82, 2.24) is 0 Å². The summed E-state index contributed by atoms with van der Waals surface area (Å²) in [5.74, 6) is 0.782. The molecule has 1 fully saturated rings. The fourth-order valence-electron chi connectivity index (χ4n) is 2.55. The van der Waals surface area contributed by atoms with Gasteiger partial charge in [-0.05, 0) is 17.9 Å². The lowest BCUT2D eigenvalue weighted by atomic mass is 9.83. The van der Waals surface area contributed by atoms with Crippen molar-refractivity contribution in [2.24, 2.45) is 11.8 Å². The quantitative estimate of drug-likeness (QED) is 0.667. The zero-order chi connectivity index (χ0) is 10.2. The maximum Gasteiger partial charge on any atom is 0.124 e. The molecule has 1 aromatic carbocycles. The van der Waals surface area contributed by atoms with E-state index in [2.05, 4.69) is 38.1 Å². The molecule has 0 bridgehead atoms. The third-order valence-corrected chi connectivity index (χ3v) is 3.56. The van der Waals surface area contributed by atoms with E-state index in [4.69, 9.17) is 0 Å². The molecule has 1 aliphatic rings. The van der Waals surface area contributed by atoms with Gasteiger partial charge in [-0.1, -0.05) is 44.2 Å². The van der Waals surface area contributed by atoms with Gasteiger partial charge in [-0.25, -0.2) is 0 Å². The van der Waals surface area contributed by atoms with E-state index in [0.717, 1.165) is 12.7 Å². The lowest BCUT2D eigenvalue weighted by Crippen LogP contribution is -2.18. The van der Waals surface area contributed by atoms with Crippen LogP contribution in [0.1, 0.15) is 25.8 Å². The Bertz CT molecular complexity index is 328. The van der Waals surface area contributed by atoms with Crippen LogP contribution in [0.3, 0.4) is 0 Å². The minimum absolute atomic E-state index is 0.142. The predicted molar refractivity (Wildman–Crippen MR) is 57.1 cm³/mol. The van der Waals surface area contributed by atoms with E-state index in [1.807, 2.05) is 6.07 Å². The highest BCUT2D eigenvalue weighted by Gasteiger charge is 2.56. The first-order chi connectivity index (χ1) is 6.71. The zero-order valence-electron chi connectivity index (χ0n) is 8.73. The van der Waals surface area contributed by atoms with Gasteiger partial charge in [0, 0.05) is 11.3 Å². The Morgan fingerprint density at radius 1 is 1.36 bits per heavy atom. The summed E-state index contributed by atoms with van der Waals surface area (Å²) in [4.78, 5) is 10.9. The summed E-state index contributed by atoms with van der Waals surface area (Å²) in [5, 5.41) is 0. The van der Waals surface area contributed by atoms with Gasteiger partial charge in [0.2, 0.25) is 0 Å². The highest BCUT2D eigenvalue weighted by Crippen LogP contribution is 2.57. The molecule has 0 spiro atoms. The largest absolute Gasteiger partial charge is 0.303 e. The van der Waals surface area contributed by atoms with E-state index in [-0.39, 0.29) is 11.3 Å². The molecule has 0 heterocycles. The van der Waals surface area contributed by atoms with Gasteiger partial charge in [-0.3, -0.25) is 0 Å². The van der Waals surface area contributed by atoms with E-state index < -0.39 is 0 Å². The lowest BCUT2D eigenvalue weighted by Gasteiger charge is -2.21. The molecular weight excluding hydrogens is 172 g/mol. The van der Waals surface area contributed by atoms with Crippen LogP contribution in [0.15, 0.2) is 30.3 Å². The summed E-state index contributed by atoms with van der Waals surface area (Å²) in [7, 11) is 0. The summed E-state index contributed by atoms with van der Waals surface area (Å²) in [5.41, 5.74) is 1.47.